The van der Waals surface area contributed by atoms with E-state index in [2.05, 4.69) is 39.5 Å². The van der Waals surface area contributed by atoms with Crippen molar-refractivity contribution >= 4 is 34.1 Å². The molecule has 3 aromatic heterocycles. The number of fused-ring (bicyclic) bond motifs is 1. The number of hydrogen-bond acceptors (Lipinski definition) is 8. The van der Waals surface area contributed by atoms with Crippen molar-refractivity contribution in [1.29, 1.82) is 0 Å². The van der Waals surface area contributed by atoms with Crippen LogP contribution in [0.25, 0.3) is 16.9 Å². The number of carbonyl (C=O) groups excluding carboxylic acids is 1. The lowest BCUT2D eigenvalue weighted by molar-refractivity contribution is 0.0934. The molecule has 8 nitrogen and oxygen atoms in total. The van der Waals surface area contributed by atoms with Crippen molar-refractivity contribution < 1.29 is 18.7 Å². The van der Waals surface area contributed by atoms with Crippen LogP contribution in [-0.4, -0.2) is 64.8 Å². The van der Waals surface area contributed by atoms with Crippen molar-refractivity contribution in [2.75, 3.05) is 38.2 Å². The summed E-state index contributed by atoms with van der Waals surface area (Å²) in [6.07, 6.45) is 4.40. The Labute approximate surface area is 224 Å². The molecule has 0 N–H and O–H groups in total. The van der Waals surface area contributed by atoms with Gasteiger partial charge in [0.1, 0.15) is 23.9 Å². The third-order valence-corrected chi connectivity index (χ3v) is 8.35. The molecular formula is C28H30FN5O3S. The molecule has 0 spiro atoms. The lowest BCUT2D eigenvalue weighted by atomic mass is 9.90. The van der Waals surface area contributed by atoms with Gasteiger partial charge in [-0.05, 0) is 74.2 Å². The minimum atomic E-state index is -0.560. The molecule has 0 aliphatic carbocycles. The van der Waals surface area contributed by atoms with E-state index in [1.807, 2.05) is 12.4 Å². The van der Waals surface area contributed by atoms with E-state index in [4.69, 9.17) is 19.4 Å². The summed E-state index contributed by atoms with van der Waals surface area (Å²) in [6.45, 7) is 5.10. The quantitative estimate of drug-likeness (QED) is 0.284. The largest absolute Gasteiger partial charge is 0.508 e. The first-order valence-electron chi connectivity index (χ1n) is 13.0. The van der Waals surface area contributed by atoms with Crippen LogP contribution in [-0.2, 0) is 15.9 Å². The van der Waals surface area contributed by atoms with E-state index in [0.29, 0.717) is 12.5 Å². The van der Waals surface area contributed by atoms with E-state index >= 15 is 0 Å². The Morgan fingerprint density at radius 2 is 1.92 bits per heavy atom. The number of cyclic esters (lactones) is 2. The first-order chi connectivity index (χ1) is 18.5. The van der Waals surface area contributed by atoms with Gasteiger partial charge >= 0.3 is 6.16 Å². The molecule has 2 aliphatic rings. The highest BCUT2D eigenvalue weighted by Crippen LogP contribution is 2.35. The van der Waals surface area contributed by atoms with E-state index < -0.39 is 6.16 Å². The molecule has 2 fully saturated rings. The highest BCUT2D eigenvalue weighted by Gasteiger charge is 2.29. The number of ether oxygens (including phenoxy) is 2. The highest BCUT2D eigenvalue weighted by molar-refractivity contribution is 7.14. The van der Waals surface area contributed by atoms with Crippen molar-refractivity contribution in [2.24, 2.45) is 0 Å². The van der Waals surface area contributed by atoms with Crippen LogP contribution in [0.4, 0.5) is 20.1 Å². The van der Waals surface area contributed by atoms with Crippen molar-refractivity contribution in [1.82, 2.24) is 19.3 Å². The summed E-state index contributed by atoms with van der Waals surface area (Å²) in [5.74, 6) is 1.22. The van der Waals surface area contributed by atoms with Crippen LogP contribution >= 0.6 is 11.3 Å². The summed E-state index contributed by atoms with van der Waals surface area (Å²) < 4.78 is 25.7. The lowest BCUT2D eigenvalue weighted by Crippen LogP contribution is -2.39. The Hall–Kier alpha value is -3.50. The minimum Gasteiger partial charge on any atom is -0.430 e. The Bertz CT molecular complexity index is 1440. The van der Waals surface area contributed by atoms with Crippen molar-refractivity contribution in [3.63, 3.8) is 0 Å². The summed E-state index contributed by atoms with van der Waals surface area (Å²) in [7, 11) is 2.03. The molecule has 0 saturated carbocycles. The number of piperidine rings is 1. The summed E-state index contributed by atoms with van der Waals surface area (Å²) in [4.78, 5) is 25.4. The van der Waals surface area contributed by atoms with E-state index in [0.717, 1.165) is 72.4 Å². The maximum absolute atomic E-state index is 13.4. The van der Waals surface area contributed by atoms with Crippen LogP contribution in [0.3, 0.4) is 0 Å². The number of anilines is 2. The van der Waals surface area contributed by atoms with Gasteiger partial charge in [-0.2, -0.15) is 0 Å². The maximum atomic E-state index is 13.4. The zero-order valence-corrected chi connectivity index (χ0v) is 22.3. The molecule has 0 bridgehead atoms. The Balaban J connectivity index is 1.22. The molecule has 1 aromatic carbocycles. The van der Waals surface area contributed by atoms with Gasteiger partial charge in [0.15, 0.2) is 11.2 Å². The number of halogens is 1. The van der Waals surface area contributed by atoms with E-state index in [1.54, 1.807) is 23.5 Å². The predicted molar refractivity (Wildman–Crippen MR) is 145 cm³/mol. The monoisotopic (exact) mass is 535 g/mol. The average Bonchev–Trinajstić information content (AvgIpc) is 3.67. The molecule has 2 aliphatic heterocycles. The fourth-order valence-electron chi connectivity index (χ4n) is 5.39. The van der Waals surface area contributed by atoms with Gasteiger partial charge in [-0.3, -0.25) is 9.30 Å². The predicted octanol–water partition coefficient (Wildman–Crippen LogP) is 5.64. The average molecular weight is 536 g/mol. The number of aromatic nitrogens is 3. The maximum Gasteiger partial charge on any atom is 0.508 e. The lowest BCUT2D eigenvalue weighted by Gasteiger charge is -2.33. The van der Waals surface area contributed by atoms with Gasteiger partial charge in [-0.25, -0.2) is 19.2 Å². The third-order valence-electron chi connectivity index (χ3n) is 7.43. The van der Waals surface area contributed by atoms with Crippen LogP contribution in [0.5, 0.6) is 0 Å². The van der Waals surface area contributed by atoms with Gasteiger partial charge in [-0.1, -0.05) is 13.0 Å². The third kappa shape index (κ3) is 4.86. The number of benzene rings is 1. The number of thiazole rings is 1. The molecule has 10 heteroatoms. The van der Waals surface area contributed by atoms with E-state index in [9.17, 15) is 9.18 Å². The van der Waals surface area contributed by atoms with Crippen LogP contribution in [0.2, 0.25) is 0 Å². The molecule has 6 rings (SSSR count). The van der Waals surface area contributed by atoms with Crippen LogP contribution in [0.1, 0.15) is 36.9 Å². The smallest absolute Gasteiger partial charge is 0.430 e. The first-order valence-corrected chi connectivity index (χ1v) is 13.9. The molecule has 1 unspecified atom stereocenters. The van der Waals surface area contributed by atoms with Gasteiger partial charge in [0.05, 0.1) is 11.4 Å². The summed E-state index contributed by atoms with van der Waals surface area (Å²) in [5.41, 5.74) is 4.96. The molecular weight excluding hydrogens is 505 g/mol. The fraction of sp³-hybridized carbons (Fsp3) is 0.393. The normalized spacial score (nSPS) is 18.6. The Morgan fingerprint density at radius 1 is 1.13 bits per heavy atom. The van der Waals surface area contributed by atoms with Crippen molar-refractivity contribution in [3.05, 3.63) is 65.0 Å². The topological polar surface area (TPSA) is 72.2 Å². The Morgan fingerprint density at radius 3 is 2.63 bits per heavy atom. The second-order valence-corrected chi connectivity index (χ2v) is 10.7. The molecule has 0 radical (unpaired) electrons. The second-order valence-electron chi connectivity index (χ2n) is 9.88. The molecule has 5 heterocycles. The number of rotatable bonds is 7. The first kappa shape index (κ1) is 24.8. The minimum absolute atomic E-state index is 0.165. The number of hydrogen-bond donors (Lipinski definition) is 0. The number of aryl methyl sites for hydroxylation is 1. The molecule has 4 aromatic rings. The van der Waals surface area contributed by atoms with Gasteiger partial charge in [-0.15, -0.1) is 11.3 Å². The van der Waals surface area contributed by atoms with Crippen LogP contribution in [0, 0.1) is 5.82 Å². The van der Waals surface area contributed by atoms with E-state index in [1.165, 1.54) is 17.7 Å². The summed E-state index contributed by atoms with van der Waals surface area (Å²) in [6, 6.07) is 10.7. The molecule has 2 saturated heterocycles. The zero-order chi connectivity index (χ0) is 26.2. The SMILES string of the molecule is CCc1nc2ccc(C3CCN(CC4COC(=O)O4)CC3)cn2c1N(C)c1nc(-c2ccc(F)cc2)cs1. The van der Waals surface area contributed by atoms with Crippen LogP contribution in [0.15, 0.2) is 48.0 Å². The molecule has 0 amide bonds. The highest BCUT2D eigenvalue weighted by atomic mass is 32.1. The second kappa shape index (κ2) is 10.3. The van der Waals surface area contributed by atoms with Gasteiger partial charge in [0.2, 0.25) is 0 Å². The van der Waals surface area contributed by atoms with Crippen molar-refractivity contribution in [3.8, 4) is 11.3 Å². The summed E-state index contributed by atoms with van der Waals surface area (Å²) in [5, 5.41) is 2.86. The number of likely N-dealkylation sites (tertiary alicyclic amines) is 1. The molecule has 1 atom stereocenters. The number of imidazole rings is 1. The standard InChI is InChI=1S/C28H30FN5O3S/c1-3-23-26(32(2)27-31-24(17-38-27)19-4-7-21(29)8-5-19)34-14-20(6-9-25(34)30-23)18-10-12-33(13-11-18)15-22-16-36-28(35)37-22/h4-9,14,17-18,22H,3,10-13,15-16H2,1-2H3. The molecule has 198 valence electrons. The number of carbonyl (C=O) groups is 1. The molecule has 38 heavy (non-hydrogen) atoms. The van der Waals surface area contributed by atoms with Gasteiger partial charge in [0.25, 0.3) is 0 Å². The summed E-state index contributed by atoms with van der Waals surface area (Å²) >= 11 is 1.56. The van der Waals surface area contributed by atoms with Crippen molar-refractivity contribution in [2.45, 2.75) is 38.2 Å². The zero-order valence-electron chi connectivity index (χ0n) is 21.5. The Kier molecular flexibility index (Phi) is 6.75. The van der Waals surface area contributed by atoms with Gasteiger partial charge < -0.3 is 14.4 Å². The fourth-order valence-corrected chi connectivity index (χ4v) is 6.19. The van der Waals surface area contributed by atoms with E-state index in [-0.39, 0.29) is 11.9 Å². The number of pyridine rings is 1. The van der Waals surface area contributed by atoms with Crippen LogP contribution < -0.4 is 4.90 Å². The number of nitrogens with zero attached hydrogens (tertiary/aromatic N) is 5. The van der Waals surface area contributed by atoms with Gasteiger partial charge in [0, 0.05) is 30.7 Å².